The van der Waals surface area contributed by atoms with Gasteiger partial charge in [0.2, 0.25) is 0 Å². The van der Waals surface area contributed by atoms with Crippen molar-refractivity contribution in [1.29, 1.82) is 0 Å². The van der Waals surface area contributed by atoms with Crippen LogP contribution in [-0.4, -0.2) is 50.8 Å². The lowest BCUT2D eigenvalue weighted by Gasteiger charge is -2.14. The Morgan fingerprint density at radius 2 is 1.72 bits per heavy atom. The van der Waals surface area contributed by atoms with Gasteiger partial charge in [-0.3, -0.25) is 14.9 Å². The van der Waals surface area contributed by atoms with E-state index in [1.54, 1.807) is 32.9 Å². The van der Waals surface area contributed by atoms with Crippen LogP contribution >= 0.6 is 0 Å². The molecule has 4 aromatic rings. The fourth-order valence-electron chi connectivity index (χ4n) is 5.72. The Morgan fingerprint density at radius 1 is 0.980 bits per heavy atom. The molecule has 1 aromatic heterocycles. The zero-order valence-electron chi connectivity index (χ0n) is 28.8. The van der Waals surface area contributed by atoms with Crippen LogP contribution < -0.4 is 14.8 Å². The summed E-state index contributed by atoms with van der Waals surface area (Å²) in [6.45, 7) is 4.94. The van der Waals surface area contributed by atoms with Crippen LogP contribution in [0.25, 0.3) is 10.9 Å². The van der Waals surface area contributed by atoms with Gasteiger partial charge < -0.3 is 18.8 Å². The molecule has 5 rings (SSSR count). The number of hydrogen-bond donors (Lipinski definition) is 2. The Bertz CT molecular complexity index is 2100. The number of aromatic nitrogens is 1. The van der Waals surface area contributed by atoms with Crippen LogP contribution in [0.5, 0.6) is 5.75 Å². The largest absolute Gasteiger partial charge is 0.496 e. The first kappa shape index (κ1) is 36.0. The van der Waals surface area contributed by atoms with Crippen molar-refractivity contribution in [2.45, 2.75) is 63.9 Å². The summed E-state index contributed by atoms with van der Waals surface area (Å²) in [6.07, 6.45) is 5.82. The van der Waals surface area contributed by atoms with Gasteiger partial charge in [0.25, 0.3) is 15.9 Å². The highest BCUT2D eigenvalue weighted by Gasteiger charge is 2.24. The normalized spacial score (nSPS) is 13.3. The van der Waals surface area contributed by atoms with E-state index in [0.29, 0.717) is 17.9 Å². The van der Waals surface area contributed by atoms with E-state index in [9.17, 15) is 22.8 Å². The van der Waals surface area contributed by atoms with Gasteiger partial charge in [-0.1, -0.05) is 30.0 Å². The van der Waals surface area contributed by atoms with Gasteiger partial charge in [-0.25, -0.2) is 17.9 Å². The van der Waals surface area contributed by atoms with E-state index in [0.717, 1.165) is 47.7 Å². The summed E-state index contributed by atoms with van der Waals surface area (Å²) in [7, 11) is -0.914. The van der Waals surface area contributed by atoms with Gasteiger partial charge in [0.15, 0.2) is 6.61 Å². The van der Waals surface area contributed by atoms with Crippen molar-refractivity contribution in [3.8, 4) is 17.6 Å². The fourth-order valence-corrected chi connectivity index (χ4v) is 6.86. The Hall–Kier alpha value is -5.28. The van der Waals surface area contributed by atoms with Crippen LogP contribution in [0.3, 0.4) is 0 Å². The van der Waals surface area contributed by atoms with Crippen LogP contribution in [0.2, 0.25) is 0 Å². The van der Waals surface area contributed by atoms with E-state index in [1.165, 1.54) is 37.4 Å². The molecular weight excluding hydrogens is 658 g/mol. The first-order chi connectivity index (χ1) is 23.7. The van der Waals surface area contributed by atoms with Crippen LogP contribution in [0.1, 0.15) is 73.5 Å². The van der Waals surface area contributed by atoms with E-state index in [-0.39, 0.29) is 28.7 Å². The van der Waals surface area contributed by atoms with E-state index in [4.69, 9.17) is 14.2 Å². The van der Waals surface area contributed by atoms with Gasteiger partial charge in [-0.05, 0) is 100 Å². The molecule has 1 aliphatic carbocycles. The highest BCUT2D eigenvalue weighted by atomic mass is 32.2. The molecule has 3 aromatic carbocycles. The molecule has 0 saturated heterocycles. The molecule has 0 spiro atoms. The molecule has 0 bridgehead atoms. The van der Waals surface area contributed by atoms with Gasteiger partial charge >= 0.3 is 12.1 Å². The molecule has 0 radical (unpaired) electrons. The van der Waals surface area contributed by atoms with Gasteiger partial charge in [0, 0.05) is 47.4 Å². The number of nitrogens with zero attached hydrogens (tertiary/aromatic N) is 1. The van der Waals surface area contributed by atoms with Crippen molar-refractivity contribution in [3.05, 3.63) is 89.1 Å². The highest BCUT2D eigenvalue weighted by Crippen LogP contribution is 2.30. The van der Waals surface area contributed by atoms with Gasteiger partial charge in [-0.2, -0.15) is 0 Å². The lowest BCUT2D eigenvalue weighted by atomic mass is 9.97. The molecule has 1 saturated carbocycles. The van der Waals surface area contributed by atoms with E-state index in [1.807, 2.05) is 36.0 Å². The Morgan fingerprint density at radius 3 is 2.44 bits per heavy atom. The third kappa shape index (κ3) is 8.65. The quantitative estimate of drug-likeness (QED) is 0.153. The van der Waals surface area contributed by atoms with Crippen LogP contribution in [0.15, 0.2) is 71.8 Å². The van der Waals surface area contributed by atoms with Gasteiger partial charge in [-0.15, -0.1) is 0 Å². The van der Waals surface area contributed by atoms with Gasteiger partial charge in [0.05, 0.1) is 12.5 Å². The number of rotatable bonds is 9. The summed E-state index contributed by atoms with van der Waals surface area (Å²) < 4.78 is 47.1. The lowest BCUT2D eigenvalue weighted by molar-refractivity contribution is -0.151. The fraction of sp³-hybridized carbons (Fsp3) is 0.342. The summed E-state index contributed by atoms with van der Waals surface area (Å²) in [5, 5.41) is 3.77. The predicted molar refractivity (Wildman–Crippen MR) is 189 cm³/mol. The maximum atomic E-state index is 13.3. The molecule has 262 valence electrons. The summed E-state index contributed by atoms with van der Waals surface area (Å²) in [4.78, 5) is 37.5. The number of esters is 1. The zero-order valence-corrected chi connectivity index (χ0v) is 29.6. The third-order valence-corrected chi connectivity index (χ3v) is 9.73. The maximum Gasteiger partial charge on any atom is 0.411 e. The molecule has 50 heavy (non-hydrogen) atoms. The van der Waals surface area contributed by atoms with Crippen LogP contribution in [-0.2, 0) is 37.8 Å². The zero-order chi connectivity index (χ0) is 36.1. The predicted octanol–water partition coefficient (Wildman–Crippen LogP) is 6.33. The van der Waals surface area contributed by atoms with Crippen molar-refractivity contribution in [2.75, 3.05) is 19.0 Å². The number of benzene rings is 3. The molecule has 1 fully saturated rings. The van der Waals surface area contributed by atoms with Crippen molar-refractivity contribution in [1.82, 2.24) is 9.29 Å². The van der Waals surface area contributed by atoms with Crippen molar-refractivity contribution in [3.63, 3.8) is 0 Å². The molecule has 2 amide bonds. The van der Waals surface area contributed by atoms with Crippen LogP contribution in [0.4, 0.5) is 10.5 Å². The van der Waals surface area contributed by atoms with Crippen LogP contribution in [0, 0.1) is 17.3 Å². The minimum atomic E-state index is -4.33. The second-order valence-electron chi connectivity index (χ2n) is 13.2. The number of aryl methyl sites for hydroxylation is 1. The molecular formula is C38H41N3O8S. The average molecular weight is 700 g/mol. The average Bonchev–Trinajstić information content (AvgIpc) is 3.69. The van der Waals surface area contributed by atoms with Gasteiger partial charge in [0.1, 0.15) is 16.7 Å². The smallest absolute Gasteiger partial charge is 0.411 e. The first-order valence-electron chi connectivity index (χ1n) is 16.3. The third-order valence-electron chi connectivity index (χ3n) is 8.34. The standard InChI is InChI=1S/C38H41N3O8S/c1-38(2,3)36(43)48-20-10-12-25-11-6-9-15-34(25)50(45,46)40-35(42)27-17-16-26(33(22-27)47-5)21-28-24-41(4)32-19-18-29(23-31(28)32)39-37(44)49-30-13-7-8-14-30/h6,9,11,15-19,22-24,30H,7-8,13-14,20-21H2,1-5H3,(H,39,44)(H,40,42). The molecule has 0 atom stereocenters. The lowest BCUT2D eigenvalue weighted by Crippen LogP contribution is -2.31. The van der Waals surface area contributed by atoms with E-state index >= 15 is 0 Å². The second-order valence-corrected chi connectivity index (χ2v) is 14.8. The number of methoxy groups -OCH3 is 1. The molecule has 1 aliphatic rings. The SMILES string of the molecule is COc1cc(C(=O)NS(=O)(=O)c2ccccc2C#CCOC(=O)C(C)(C)C)ccc1Cc1cn(C)c2ccc(NC(=O)OC3CCCC3)cc12. The summed E-state index contributed by atoms with van der Waals surface area (Å²) in [5.74, 6) is 4.51. The highest BCUT2D eigenvalue weighted by molar-refractivity contribution is 7.90. The monoisotopic (exact) mass is 699 g/mol. The Labute approximate surface area is 292 Å². The number of anilines is 1. The van der Waals surface area contributed by atoms with Crippen molar-refractivity contribution >= 4 is 44.6 Å². The number of amides is 2. The Kier molecular flexibility index (Phi) is 10.9. The minimum Gasteiger partial charge on any atom is -0.496 e. The number of sulfonamides is 1. The number of fused-ring (bicyclic) bond motifs is 1. The number of hydrogen-bond acceptors (Lipinski definition) is 8. The molecule has 1 heterocycles. The minimum absolute atomic E-state index is 0.0448. The van der Waals surface area contributed by atoms with E-state index < -0.39 is 33.4 Å². The topological polar surface area (TPSA) is 142 Å². The summed E-state index contributed by atoms with van der Waals surface area (Å²) >= 11 is 0. The number of nitrogens with one attached hydrogen (secondary N) is 2. The number of carbonyl (C=O) groups excluding carboxylic acids is 3. The molecule has 12 heteroatoms. The first-order valence-corrected chi connectivity index (χ1v) is 17.8. The van der Waals surface area contributed by atoms with Crippen molar-refractivity contribution < 1.29 is 37.0 Å². The summed E-state index contributed by atoms with van der Waals surface area (Å²) in [6, 6.07) is 16.4. The number of carbonyl (C=O) groups is 3. The molecule has 0 aliphatic heterocycles. The molecule has 2 N–H and O–H groups in total. The van der Waals surface area contributed by atoms with Crippen molar-refractivity contribution in [2.24, 2.45) is 12.5 Å². The molecule has 11 nitrogen and oxygen atoms in total. The number of ether oxygens (including phenoxy) is 3. The Balaban J connectivity index is 1.30. The maximum absolute atomic E-state index is 13.3. The van der Waals surface area contributed by atoms with E-state index in [2.05, 4.69) is 21.9 Å². The second kappa shape index (κ2) is 15.1. The summed E-state index contributed by atoms with van der Waals surface area (Å²) in [5.41, 5.74) is 2.84. The molecule has 0 unspecified atom stereocenters.